The van der Waals surface area contributed by atoms with E-state index in [1.807, 2.05) is 6.07 Å². The van der Waals surface area contributed by atoms with Crippen molar-refractivity contribution in [3.63, 3.8) is 0 Å². The van der Waals surface area contributed by atoms with E-state index in [9.17, 15) is 13.2 Å². The van der Waals surface area contributed by atoms with Crippen LogP contribution in [0.5, 0.6) is 0 Å². The highest BCUT2D eigenvalue weighted by molar-refractivity contribution is 7.93. The summed E-state index contributed by atoms with van der Waals surface area (Å²) in [6.07, 6.45) is 1.74. The van der Waals surface area contributed by atoms with Gasteiger partial charge < -0.3 is 4.90 Å². The molecule has 5 nitrogen and oxygen atoms in total. The number of likely N-dealkylation sites (tertiary alicyclic amines) is 1. The van der Waals surface area contributed by atoms with Gasteiger partial charge in [-0.2, -0.15) is 0 Å². The van der Waals surface area contributed by atoms with Crippen LogP contribution in [-0.2, 0) is 14.8 Å². The van der Waals surface area contributed by atoms with Crippen LogP contribution in [0.25, 0.3) is 0 Å². The zero-order valence-electron chi connectivity index (χ0n) is 11.6. The summed E-state index contributed by atoms with van der Waals surface area (Å²) in [5.74, 6) is 0.0182. The number of sulfonamides is 1. The minimum atomic E-state index is -3.45. The zero-order valence-corrected chi connectivity index (χ0v) is 12.4. The molecular formula is C14H20N2O3S. The van der Waals surface area contributed by atoms with Crippen molar-refractivity contribution in [1.29, 1.82) is 0 Å². The van der Waals surface area contributed by atoms with E-state index in [0.29, 0.717) is 25.1 Å². The molecule has 1 aromatic carbocycles. The molecule has 0 spiro atoms. The van der Waals surface area contributed by atoms with E-state index < -0.39 is 15.3 Å². The number of benzene rings is 1. The van der Waals surface area contributed by atoms with Crippen LogP contribution in [-0.4, -0.2) is 37.6 Å². The fraction of sp³-hybridized carbons (Fsp3) is 0.500. The maximum Gasteiger partial charge on any atom is 0.237 e. The van der Waals surface area contributed by atoms with E-state index in [-0.39, 0.29) is 12.5 Å². The standard InChI is InChI=1S/C14H20N2O3S/c1-2-14(17)16-10-6-9-13(11-16)20(18,19)15-12-7-4-3-5-8-12/h3-5,7-8,13,15H,2,6,9-11H2,1H3/t13-/m0/s1. The maximum atomic E-state index is 12.4. The molecule has 1 aliphatic rings. The smallest absolute Gasteiger partial charge is 0.237 e. The Bertz CT molecular complexity index is 557. The van der Waals surface area contributed by atoms with Crippen LogP contribution in [0.3, 0.4) is 0 Å². The van der Waals surface area contributed by atoms with E-state index >= 15 is 0 Å². The average Bonchev–Trinajstić information content (AvgIpc) is 2.47. The van der Waals surface area contributed by atoms with Gasteiger partial charge in [-0.1, -0.05) is 25.1 Å². The largest absolute Gasteiger partial charge is 0.341 e. The summed E-state index contributed by atoms with van der Waals surface area (Å²) < 4.78 is 27.3. The van der Waals surface area contributed by atoms with E-state index in [0.717, 1.165) is 6.42 Å². The van der Waals surface area contributed by atoms with Crippen molar-refractivity contribution in [2.24, 2.45) is 0 Å². The van der Waals surface area contributed by atoms with Crippen molar-refractivity contribution in [3.8, 4) is 0 Å². The Kier molecular flexibility index (Phi) is 4.65. The Morgan fingerprint density at radius 3 is 2.70 bits per heavy atom. The van der Waals surface area contributed by atoms with Crippen molar-refractivity contribution < 1.29 is 13.2 Å². The van der Waals surface area contributed by atoms with Gasteiger partial charge in [-0.05, 0) is 25.0 Å². The number of hydrogen-bond acceptors (Lipinski definition) is 3. The number of anilines is 1. The molecule has 1 heterocycles. The van der Waals surface area contributed by atoms with Gasteiger partial charge in [0, 0.05) is 25.2 Å². The van der Waals surface area contributed by atoms with Crippen LogP contribution in [0.2, 0.25) is 0 Å². The van der Waals surface area contributed by atoms with Crippen LogP contribution >= 0.6 is 0 Å². The lowest BCUT2D eigenvalue weighted by molar-refractivity contribution is -0.131. The van der Waals surface area contributed by atoms with Gasteiger partial charge in [0.2, 0.25) is 15.9 Å². The summed E-state index contributed by atoms with van der Waals surface area (Å²) in [4.78, 5) is 13.4. The third-order valence-corrected chi connectivity index (χ3v) is 5.29. The maximum absolute atomic E-state index is 12.4. The van der Waals surface area contributed by atoms with Crippen LogP contribution in [0.4, 0.5) is 5.69 Å². The summed E-state index contributed by atoms with van der Waals surface area (Å²) in [6, 6.07) is 8.84. The first-order valence-corrected chi connectivity index (χ1v) is 8.42. The van der Waals surface area contributed by atoms with Crippen LogP contribution in [0.15, 0.2) is 30.3 Å². The Hall–Kier alpha value is -1.56. The second-order valence-corrected chi connectivity index (χ2v) is 6.93. The molecule has 0 bridgehead atoms. The first-order valence-electron chi connectivity index (χ1n) is 6.87. The summed E-state index contributed by atoms with van der Waals surface area (Å²) >= 11 is 0. The van der Waals surface area contributed by atoms with Crippen molar-refractivity contribution in [2.75, 3.05) is 17.8 Å². The second-order valence-electron chi connectivity index (χ2n) is 4.97. The number of amides is 1. The molecule has 0 saturated carbocycles. The van der Waals surface area contributed by atoms with Gasteiger partial charge in [0.1, 0.15) is 0 Å². The van der Waals surface area contributed by atoms with E-state index in [1.165, 1.54) is 0 Å². The van der Waals surface area contributed by atoms with Crippen molar-refractivity contribution >= 4 is 21.6 Å². The fourth-order valence-electron chi connectivity index (χ4n) is 2.40. The number of rotatable bonds is 4. The highest BCUT2D eigenvalue weighted by Crippen LogP contribution is 2.20. The number of hydrogen-bond donors (Lipinski definition) is 1. The quantitative estimate of drug-likeness (QED) is 0.921. The lowest BCUT2D eigenvalue weighted by Crippen LogP contribution is -2.46. The van der Waals surface area contributed by atoms with Gasteiger partial charge in [-0.25, -0.2) is 8.42 Å². The number of piperidine rings is 1. The molecule has 0 aliphatic carbocycles. The highest BCUT2D eigenvalue weighted by atomic mass is 32.2. The van der Waals surface area contributed by atoms with Gasteiger partial charge in [0.25, 0.3) is 0 Å². The topological polar surface area (TPSA) is 66.5 Å². The third-order valence-electron chi connectivity index (χ3n) is 3.51. The molecule has 0 unspecified atom stereocenters. The van der Waals surface area contributed by atoms with Crippen molar-refractivity contribution in [1.82, 2.24) is 4.90 Å². The SMILES string of the molecule is CCC(=O)N1CCC[C@H](S(=O)(=O)Nc2ccccc2)C1. The second kappa shape index (κ2) is 6.26. The van der Waals surface area contributed by atoms with E-state index in [1.54, 1.807) is 36.1 Å². The lowest BCUT2D eigenvalue weighted by Gasteiger charge is -2.32. The molecule has 20 heavy (non-hydrogen) atoms. The molecule has 2 rings (SSSR count). The zero-order chi connectivity index (χ0) is 14.6. The number of para-hydroxylation sites is 1. The van der Waals surface area contributed by atoms with Gasteiger partial charge in [0.05, 0.1) is 5.25 Å². The third kappa shape index (κ3) is 3.50. The van der Waals surface area contributed by atoms with Gasteiger partial charge in [0.15, 0.2) is 0 Å². The Morgan fingerprint density at radius 2 is 2.05 bits per heavy atom. The molecule has 0 radical (unpaired) electrons. The van der Waals surface area contributed by atoms with E-state index in [4.69, 9.17) is 0 Å². The predicted octanol–water partition coefficient (Wildman–Crippen LogP) is 1.83. The minimum absolute atomic E-state index is 0.0182. The monoisotopic (exact) mass is 296 g/mol. The lowest BCUT2D eigenvalue weighted by atomic mass is 10.1. The Morgan fingerprint density at radius 1 is 1.35 bits per heavy atom. The number of nitrogens with one attached hydrogen (secondary N) is 1. The molecule has 1 atom stereocenters. The molecule has 1 saturated heterocycles. The molecule has 0 aromatic heterocycles. The summed E-state index contributed by atoms with van der Waals surface area (Å²) in [5, 5.41) is -0.535. The predicted molar refractivity (Wildman–Crippen MR) is 78.9 cm³/mol. The first-order chi connectivity index (χ1) is 9.53. The van der Waals surface area contributed by atoms with Crippen molar-refractivity contribution in [3.05, 3.63) is 30.3 Å². The van der Waals surface area contributed by atoms with Crippen LogP contribution in [0.1, 0.15) is 26.2 Å². The molecule has 1 aliphatic heterocycles. The van der Waals surface area contributed by atoms with Crippen LogP contribution in [0, 0.1) is 0 Å². The Balaban J connectivity index is 2.07. The number of carbonyl (C=O) groups is 1. The van der Waals surface area contributed by atoms with Crippen molar-refractivity contribution in [2.45, 2.75) is 31.4 Å². The molecule has 6 heteroatoms. The molecular weight excluding hydrogens is 276 g/mol. The fourth-order valence-corrected chi connectivity index (χ4v) is 3.88. The van der Waals surface area contributed by atoms with Gasteiger partial charge >= 0.3 is 0 Å². The average molecular weight is 296 g/mol. The van der Waals surface area contributed by atoms with Gasteiger partial charge in [-0.3, -0.25) is 9.52 Å². The van der Waals surface area contributed by atoms with E-state index in [2.05, 4.69) is 4.72 Å². The summed E-state index contributed by atoms with van der Waals surface area (Å²) in [7, 11) is -3.45. The number of nitrogens with zero attached hydrogens (tertiary/aromatic N) is 1. The first kappa shape index (κ1) is 14.8. The minimum Gasteiger partial charge on any atom is -0.341 e. The molecule has 1 fully saturated rings. The molecule has 110 valence electrons. The number of carbonyl (C=O) groups excluding carboxylic acids is 1. The summed E-state index contributed by atoms with van der Waals surface area (Å²) in [5.41, 5.74) is 0.562. The van der Waals surface area contributed by atoms with Crippen LogP contribution < -0.4 is 4.72 Å². The highest BCUT2D eigenvalue weighted by Gasteiger charge is 2.32. The molecule has 1 aromatic rings. The summed E-state index contributed by atoms with van der Waals surface area (Å²) in [6.45, 7) is 2.74. The van der Waals surface area contributed by atoms with Gasteiger partial charge in [-0.15, -0.1) is 0 Å². The normalized spacial score (nSPS) is 19.6. The molecule has 1 amide bonds. The molecule has 1 N–H and O–H groups in total. The Labute approximate surface area is 120 Å².